The molecule has 2 aromatic heterocycles. The Labute approximate surface area is 120 Å². The molecule has 5 nitrogen and oxygen atoms in total. The average molecular weight is 276 g/mol. The number of hydrogen-bond donors (Lipinski definition) is 1. The summed E-state index contributed by atoms with van der Waals surface area (Å²) in [6, 6.07) is 2.36. The summed E-state index contributed by atoms with van der Waals surface area (Å²) < 4.78 is 7.16. The quantitative estimate of drug-likeness (QED) is 0.881. The van der Waals surface area contributed by atoms with Crippen LogP contribution in [0.2, 0.25) is 0 Å². The smallest absolute Gasteiger partial charge is 0.160 e. The van der Waals surface area contributed by atoms with E-state index in [1.54, 1.807) is 7.11 Å². The lowest BCUT2D eigenvalue weighted by Crippen LogP contribution is -2.25. The Hall–Kier alpha value is -1.62. The van der Waals surface area contributed by atoms with Crippen LogP contribution in [-0.4, -0.2) is 34.4 Å². The number of nitrogens with one attached hydrogen (secondary N) is 1. The van der Waals surface area contributed by atoms with E-state index in [2.05, 4.69) is 42.2 Å². The van der Waals surface area contributed by atoms with Crippen LogP contribution in [0.15, 0.2) is 6.07 Å². The number of ether oxygens (including phenoxy) is 1. The standard InChI is InChI=1S/C15H24N4O/c1-6-12-8-14(16-13(7-2)9-20-5)19-15(17-12)10(3)11(4)18-19/h8,13,16H,6-7,9H2,1-5H3/t13-/m1/s1. The molecular weight excluding hydrogens is 252 g/mol. The predicted molar refractivity (Wildman–Crippen MR) is 81.4 cm³/mol. The molecule has 2 aromatic rings. The van der Waals surface area contributed by atoms with Crippen molar-refractivity contribution in [3.8, 4) is 0 Å². The molecule has 20 heavy (non-hydrogen) atoms. The second kappa shape index (κ2) is 6.22. The molecule has 0 aliphatic rings. The third-order valence-electron chi connectivity index (χ3n) is 3.68. The zero-order valence-corrected chi connectivity index (χ0v) is 13.0. The fraction of sp³-hybridized carbons (Fsp3) is 0.600. The van der Waals surface area contributed by atoms with Crippen LogP contribution in [0, 0.1) is 13.8 Å². The minimum Gasteiger partial charge on any atom is -0.383 e. The van der Waals surface area contributed by atoms with Gasteiger partial charge in [-0.2, -0.15) is 9.61 Å². The van der Waals surface area contributed by atoms with E-state index in [9.17, 15) is 0 Å². The van der Waals surface area contributed by atoms with Crippen molar-refractivity contribution in [1.29, 1.82) is 0 Å². The van der Waals surface area contributed by atoms with Gasteiger partial charge in [0.05, 0.1) is 18.3 Å². The van der Waals surface area contributed by atoms with Crippen LogP contribution >= 0.6 is 0 Å². The molecule has 0 radical (unpaired) electrons. The molecule has 0 aliphatic heterocycles. The molecule has 0 aromatic carbocycles. The van der Waals surface area contributed by atoms with Gasteiger partial charge >= 0.3 is 0 Å². The first-order valence-corrected chi connectivity index (χ1v) is 7.22. The Balaban J connectivity index is 2.47. The molecule has 0 unspecified atom stereocenters. The maximum Gasteiger partial charge on any atom is 0.160 e. The van der Waals surface area contributed by atoms with Gasteiger partial charge in [0.25, 0.3) is 0 Å². The molecular formula is C15H24N4O. The summed E-state index contributed by atoms with van der Waals surface area (Å²) in [6.07, 6.45) is 1.91. The van der Waals surface area contributed by atoms with Gasteiger partial charge in [-0.25, -0.2) is 4.98 Å². The van der Waals surface area contributed by atoms with E-state index in [1.807, 2.05) is 11.4 Å². The Bertz CT molecular complexity index is 591. The van der Waals surface area contributed by atoms with Crippen LogP contribution in [0.5, 0.6) is 0 Å². The first kappa shape index (κ1) is 14.8. The van der Waals surface area contributed by atoms with Crippen molar-refractivity contribution in [1.82, 2.24) is 14.6 Å². The number of aromatic nitrogens is 3. The summed E-state index contributed by atoms with van der Waals surface area (Å²) in [5.41, 5.74) is 4.18. The SMILES string of the molecule is CCc1cc(N[C@H](CC)COC)n2nc(C)c(C)c2n1. The number of hydrogen-bond acceptors (Lipinski definition) is 4. The lowest BCUT2D eigenvalue weighted by molar-refractivity contribution is 0.184. The maximum atomic E-state index is 5.26. The topological polar surface area (TPSA) is 51.5 Å². The molecule has 0 bridgehead atoms. The molecule has 0 saturated carbocycles. The normalized spacial score (nSPS) is 12.8. The van der Waals surface area contributed by atoms with Gasteiger partial charge in [0, 0.05) is 24.4 Å². The Kier molecular flexibility index (Phi) is 4.60. The van der Waals surface area contributed by atoms with Crippen molar-refractivity contribution in [3.63, 3.8) is 0 Å². The molecule has 1 atom stereocenters. The van der Waals surface area contributed by atoms with Crippen molar-refractivity contribution in [2.75, 3.05) is 19.0 Å². The fourth-order valence-electron chi connectivity index (χ4n) is 2.24. The van der Waals surface area contributed by atoms with Gasteiger partial charge in [0.15, 0.2) is 5.65 Å². The van der Waals surface area contributed by atoms with Crippen LogP contribution in [0.4, 0.5) is 5.82 Å². The van der Waals surface area contributed by atoms with Gasteiger partial charge in [-0.15, -0.1) is 0 Å². The van der Waals surface area contributed by atoms with Gasteiger partial charge in [0.1, 0.15) is 5.82 Å². The van der Waals surface area contributed by atoms with Crippen LogP contribution < -0.4 is 5.32 Å². The second-order valence-electron chi connectivity index (χ2n) is 5.14. The molecule has 0 amide bonds. The number of anilines is 1. The lowest BCUT2D eigenvalue weighted by atomic mass is 10.2. The van der Waals surface area contributed by atoms with Crippen molar-refractivity contribution in [2.45, 2.75) is 46.6 Å². The third-order valence-corrected chi connectivity index (χ3v) is 3.68. The monoisotopic (exact) mass is 276 g/mol. The summed E-state index contributed by atoms with van der Waals surface area (Å²) in [5, 5.41) is 8.11. The highest BCUT2D eigenvalue weighted by molar-refractivity contribution is 5.56. The van der Waals surface area contributed by atoms with Crippen LogP contribution in [0.1, 0.15) is 37.2 Å². The Morgan fingerprint density at radius 3 is 2.70 bits per heavy atom. The molecule has 110 valence electrons. The minimum absolute atomic E-state index is 0.278. The molecule has 5 heteroatoms. The second-order valence-corrected chi connectivity index (χ2v) is 5.14. The van der Waals surface area contributed by atoms with Crippen molar-refractivity contribution in [3.05, 3.63) is 23.0 Å². The number of fused-ring (bicyclic) bond motifs is 1. The van der Waals surface area contributed by atoms with Crippen LogP contribution in [0.25, 0.3) is 5.65 Å². The highest BCUT2D eigenvalue weighted by atomic mass is 16.5. The molecule has 1 N–H and O–H groups in total. The van der Waals surface area contributed by atoms with Crippen LogP contribution in [0.3, 0.4) is 0 Å². The van der Waals surface area contributed by atoms with Gasteiger partial charge in [-0.1, -0.05) is 13.8 Å². The summed E-state index contributed by atoms with van der Waals surface area (Å²) in [6.45, 7) is 9.04. The number of methoxy groups -OCH3 is 1. The minimum atomic E-state index is 0.278. The van der Waals surface area contributed by atoms with E-state index in [0.717, 1.165) is 41.3 Å². The lowest BCUT2D eigenvalue weighted by Gasteiger charge is -2.18. The fourth-order valence-corrected chi connectivity index (χ4v) is 2.24. The molecule has 0 fully saturated rings. The molecule has 0 aliphatic carbocycles. The average Bonchev–Trinajstić information content (AvgIpc) is 2.74. The van der Waals surface area contributed by atoms with Gasteiger partial charge in [-0.3, -0.25) is 0 Å². The van der Waals surface area contributed by atoms with E-state index >= 15 is 0 Å². The number of aryl methyl sites for hydroxylation is 3. The first-order chi connectivity index (χ1) is 9.60. The first-order valence-electron chi connectivity index (χ1n) is 7.22. The third kappa shape index (κ3) is 2.77. The summed E-state index contributed by atoms with van der Waals surface area (Å²) in [4.78, 5) is 4.68. The van der Waals surface area contributed by atoms with Gasteiger partial charge in [0.2, 0.25) is 0 Å². The van der Waals surface area contributed by atoms with Gasteiger partial charge in [-0.05, 0) is 26.7 Å². The highest BCUT2D eigenvalue weighted by Crippen LogP contribution is 2.19. The van der Waals surface area contributed by atoms with E-state index in [-0.39, 0.29) is 6.04 Å². The number of nitrogens with zero attached hydrogens (tertiary/aromatic N) is 3. The molecule has 0 saturated heterocycles. The molecule has 2 heterocycles. The molecule has 2 rings (SSSR count). The Morgan fingerprint density at radius 1 is 1.35 bits per heavy atom. The van der Waals surface area contributed by atoms with Crippen molar-refractivity contribution in [2.24, 2.45) is 0 Å². The highest BCUT2D eigenvalue weighted by Gasteiger charge is 2.14. The molecule has 0 spiro atoms. The summed E-state index contributed by atoms with van der Waals surface area (Å²) in [5.74, 6) is 0.993. The van der Waals surface area contributed by atoms with E-state index in [0.29, 0.717) is 6.61 Å². The van der Waals surface area contributed by atoms with Crippen molar-refractivity contribution < 1.29 is 4.74 Å². The predicted octanol–water partition coefficient (Wildman–Crippen LogP) is 2.75. The van der Waals surface area contributed by atoms with Crippen LogP contribution in [-0.2, 0) is 11.2 Å². The number of rotatable bonds is 6. The maximum absolute atomic E-state index is 5.26. The zero-order chi connectivity index (χ0) is 14.7. The summed E-state index contributed by atoms with van der Waals surface area (Å²) in [7, 11) is 1.73. The van der Waals surface area contributed by atoms with E-state index < -0.39 is 0 Å². The largest absolute Gasteiger partial charge is 0.383 e. The van der Waals surface area contributed by atoms with E-state index in [4.69, 9.17) is 4.74 Å². The van der Waals surface area contributed by atoms with E-state index in [1.165, 1.54) is 0 Å². The van der Waals surface area contributed by atoms with Crippen molar-refractivity contribution >= 4 is 11.5 Å². The van der Waals surface area contributed by atoms with Gasteiger partial charge < -0.3 is 10.1 Å². The Morgan fingerprint density at radius 2 is 2.10 bits per heavy atom. The zero-order valence-electron chi connectivity index (χ0n) is 13.0. The summed E-state index contributed by atoms with van der Waals surface area (Å²) >= 11 is 0.